The van der Waals surface area contributed by atoms with Crippen molar-refractivity contribution in [1.82, 2.24) is 5.32 Å². The van der Waals surface area contributed by atoms with Crippen LogP contribution in [0.15, 0.2) is 0 Å². The highest BCUT2D eigenvalue weighted by atomic mass is 16.1. The molecule has 0 aliphatic heterocycles. The van der Waals surface area contributed by atoms with E-state index < -0.39 is 0 Å². The van der Waals surface area contributed by atoms with Gasteiger partial charge in [0.25, 0.3) is 0 Å². The van der Waals surface area contributed by atoms with Gasteiger partial charge in [0.1, 0.15) is 5.78 Å². The Kier molecular flexibility index (Phi) is 3.45. The lowest BCUT2D eigenvalue weighted by Gasteiger charge is -2.30. The van der Waals surface area contributed by atoms with E-state index in [1.54, 1.807) is 0 Å². The first kappa shape index (κ1) is 11.6. The fourth-order valence-corrected chi connectivity index (χ4v) is 1.54. The number of hydrogen-bond acceptors (Lipinski definition) is 2. The summed E-state index contributed by atoms with van der Waals surface area (Å²) < 4.78 is 0. The highest BCUT2D eigenvalue weighted by Crippen LogP contribution is 2.28. The minimum absolute atomic E-state index is 0.236. The van der Waals surface area contributed by atoms with Crippen molar-refractivity contribution >= 4 is 5.78 Å². The van der Waals surface area contributed by atoms with Crippen molar-refractivity contribution in [2.24, 2.45) is 10.8 Å². The van der Waals surface area contributed by atoms with Crippen molar-refractivity contribution in [2.45, 2.75) is 34.6 Å². The second-order valence-electron chi connectivity index (χ2n) is 4.99. The fourth-order valence-electron chi connectivity index (χ4n) is 1.54. The second kappa shape index (κ2) is 3.56. The van der Waals surface area contributed by atoms with E-state index in [-0.39, 0.29) is 10.8 Å². The molecule has 0 aromatic carbocycles. The molecule has 0 aliphatic rings. The molecule has 2 nitrogen and oxygen atoms in total. The van der Waals surface area contributed by atoms with Gasteiger partial charge in [0.15, 0.2) is 0 Å². The molecular formula is C10H21NO. The highest BCUT2D eigenvalue weighted by molar-refractivity contribution is 5.88. The van der Waals surface area contributed by atoms with Crippen LogP contribution in [0.25, 0.3) is 0 Å². The molecule has 0 saturated heterocycles. The lowest BCUT2D eigenvalue weighted by atomic mass is 9.75. The van der Waals surface area contributed by atoms with Crippen molar-refractivity contribution in [1.29, 1.82) is 0 Å². The van der Waals surface area contributed by atoms with E-state index in [0.717, 1.165) is 6.54 Å². The largest absolute Gasteiger partial charge is 0.319 e. The lowest BCUT2D eigenvalue weighted by molar-refractivity contribution is -0.134. The zero-order valence-electron chi connectivity index (χ0n) is 9.12. The maximum atomic E-state index is 11.8. The number of carbonyl (C=O) groups is 1. The zero-order valence-corrected chi connectivity index (χ0v) is 9.12. The Labute approximate surface area is 75.7 Å². The molecule has 0 aromatic heterocycles. The Morgan fingerprint density at radius 3 is 1.83 bits per heavy atom. The first-order valence-electron chi connectivity index (χ1n) is 4.41. The summed E-state index contributed by atoms with van der Waals surface area (Å²) in [5, 5.41) is 3.04. The molecule has 0 unspecified atom stereocenters. The van der Waals surface area contributed by atoms with Crippen LogP contribution < -0.4 is 5.32 Å². The number of hydrogen-bond donors (Lipinski definition) is 1. The van der Waals surface area contributed by atoms with Crippen LogP contribution in [-0.4, -0.2) is 19.4 Å². The van der Waals surface area contributed by atoms with Gasteiger partial charge in [-0.15, -0.1) is 0 Å². The number of rotatable bonds is 3. The number of nitrogens with one attached hydrogen (secondary N) is 1. The summed E-state index contributed by atoms with van der Waals surface area (Å²) in [6, 6.07) is 0. The van der Waals surface area contributed by atoms with Crippen molar-refractivity contribution < 1.29 is 4.79 Å². The van der Waals surface area contributed by atoms with E-state index in [1.807, 2.05) is 41.7 Å². The van der Waals surface area contributed by atoms with Crippen LogP contribution in [0.4, 0.5) is 0 Å². The summed E-state index contributed by atoms with van der Waals surface area (Å²) in [4.78, 5) is 11.8. The smallest absolute Gasteiger partial charge is 0.145 e. The Morgan fingerprint density at radius 1 is 1.17 bits per heavy atom. The average Bonchev–Trinajstić information content (AvgIpc) is 1.84. The molecule has 0 atom stereocenters. The van der Waals surface area contributed by atoms with Crippen LogP contribution in [0, 0.1) is 10.8 Å². The van der Waals surface area contributed by atoms with E-state index in [1.165, 1.54) is 0 Å². The normalized spacial score (nSPS) is 13.2. The van der Waals surface area contributed by atoms with Crippen LogP contribution >= 0.6 is 0 Å². The van der Waals surface area contributed by atoms with Gasteiger partial charge in [0.05, 0.1) is 0 Å². The van der Waals surface area contributed by atoms with E-state index in [4.69, 9.17) is 0 Å². The molecule has 12 heavy (non-hydrogen) atoms. The average molecular weight is 171 g/mol. The minimum Gasteiger partial charge on any atom is -0.319 e. The monoisotopic (exact) mass is 171 g/mol. The van der Waals surface area contributed by atoms with Crippen LogP contribution in [0.3, 0.4) is 0 Å². The molecule has 72 valence electrons. The van der Waals surface area contributed by atoms with Gasteiger partial charge in [0.2, 0.25) is 0 Å². The molecule has 0 aromatic rings. The SMILES string of the molecule is CNCC(C)(C)C(=O)C(C)(C)C. The molecule has 2 heteroatoms. The fraction of sp³-hybridized carbons (Fsp3) is 0.900. The third kappa shape index (κ3) is 2.94. The van der Waals surface area contributed by atoms with Crippen molar-refractivity contribution in [2.75, 3.05) is 13.6 Å². The third-order valence-electron chi connectivity index (χ3n) is 1.91. The van der Waals surface area contributed by atoms with Gasteiger partial charge >= 0.3 is 0 Å². The summed E-state index contributed by atoms with van der Waals surface area (Å²) in [6.07, 6.45) is 0. The molecule has 0 heterocycles. The molecule has 0 aliphatic carbocycles. The summed E-state index contributed by atoms with van der Waals surface area (Å²) >= 11 is 0. The summed E-state index contributed by atoms with van der Waals surface area (Å²) in [6.45, 7) is 10.6. The Bertz CT molecular complexity index is 165. The van der Waals surface area contributed by atoms with Crippen LogP contribution in [0.2, 0.25) is 0 Å². The van der Waals surface area contributed by atoms with Gasteiger partial charge < -0.3 is 5.32 Å². The van der Waals surface area contributed by atoms with E-state index in [2.05, 4.69) is 5.32 Å². The van der Waals surface area contributed by atoms with Gasteiger partial charge in [-0.3, -0.25) is 4.79 Å². The first-order valence-corrected chi connectivity index (χ1v) is 4.41. The van der Waals surface area contributed by atoms with E-state index >= 15 is 0 Å². The Balaban J connectivity index is 4.46. The van der Waals surface area contributed by atoms with Gasteiger partial charge in [0, 0.05) is 17.4 Å². The predicted octanol–water partition coefficient (Wildman–Crippen LogP) is 1.85. The topological polar surface area (TPSA) is 29.1 Å². The summed E-state index contributed by atoms with van der Waals surface area (Å²) in [7, 11) is 1.87. The van der Waals surface area contributed by atoms with E-state index in [0.29, 0.717) is 5.78 Å². The van der Waals surface area contributed by atoms with Crippen molar-refractivity contribution in [3.63, 3.8) is 0 Å². The maximum absolute atomic E-state index is 11.8. The molecule has 0 saturated carbocycles. The standard InChI is InChI=1S/C10H21NO/c1-9(2,3)8(12)10(4,5)7-11-6/h11H,7H2,1-6H3. The van der Waals surface area contributed by atoms with Gasteiger partial charge in [-0.2, -0.15) is 0 Å². The zero-order chi connectivity index (χ0) is 9.99. The number of ketones is 1. The van der Waals surface area contributed by atoms with Crippen LogP contribution in [0.1, 0.15) is 34.6 Å². The molecule has 0 bridgehead atoms. The summed E-state index contributed by atoms with van der Waals surface area (Å²) in [5.74, 6) is 0.310. The second-order valence-corrected chi connectivity index (χ2v) is 4.99. The van der Waals surface area contributed by atoms with Gasteiger partial charge in [-0.25, -0.2) is 0 Å². The van der Waals surface area contributed by atoms with Crippen molar-refractivity contribution in [3.8, 4) is 0 Å². The number of carbonyl (C=O) groups excluding carboxylic acids is 1. The lowest BCUT2D eigenvalue weighted by Crippen LogP contribution is -2.41. The van der Waals surface area contributed by atoms with E-state index in [9.17, 15) is 4.79 Å². The van der Waals surface area contributed by atoms with Crippen LogP contribution in [-0.2, 0) is 4.79 Å². The molecular weight excluding hydrogens is 150 g/mol. The quantitative estimate of drug-likeness (QED) is 0.702. The maximum Gasteiger partial charge on any atom is 0.145 e. The molecule has 0 radical (unpaired) electrons. The third-order valence-corrected chi connectivity index (χ3v) is 1.91. The minimum atomic E-state index is -0.257. The van der Waals surface area contributed by atoms with Gasteiger partial charge in [-0.1, -0.05) is 34.6 Å². The van der Waals surface area contributed by atoms with Crippen LogP contribution in [0.5, 0.6) is 0 Å². The first-order chi connectivity index (χ1) is 5.22. The highest BCUT2D eigenvalue weighted by Gasteiger charge is 2.35. The predicted molar refractivity (Wildman–Crippen MR) is 52.2 cm³/mol. The molecule has 0 amide bonds. The molecule has 0 spiro atoms. The Hall–Kier alpha value is -0.370. The molecule has 0 rings (SSSR count). The molecule has 1 N–H and O–H groups in total. The van der Waals surface area contributed by atoms with Gasteiger partial charge in [-0.05, 0) is 7.05 Å². The van der Waals surface area contributed by atoms with Crippen molar-refractivity contribution in [3.05, 3.63) is 0 Å². The Morgan fingerprint density at radius 2 is 1.58 bits per heavy atom. The summed E-state index contributed by atoms with van der Waals surface area (Å²) in [5.41, 5.74) is -0.493. The number of Topliss-reactive ketones (excluding diaryl/α,β-unsaturated/α-hetero) is 1. The molecule has 0 fully saturated rings.